The normalized spacial score (nSPS) is 26.2. The quantitative estimate of drug-likeness (QED) is 0.838. The van der Waals surface area contributed by atoms with Gasteiger partial charge in [0.2, 0.25) is 0 Å². The van der Waals surface area contributed by atoms with Crippen LogP contribution in [0.5, 0.6) is 0 Å². The van der Waals surface area contributed by atoms with E-state index >= 15 is 0 Å². The zero-order chi connectivity index (χ0) is 15.1. The molecule has 0 bridgehead atoms. The number of hydrogen-bond acceptors (Lipinski definition) is 3. The van der Waals surface area contributed by atoms with Gasteiger partial charge in [-0.15, -0.1) is 0 Å². The molecule has 1 heterocycles. The fraction of sp³-hybridized carbons (Fsp3) is 0.722. The summed E-state index contributed by atoms with van der Waals surface area (Å²) in [5.74, 6) is 0.802. The maximum atomic E-state index is 6.24. The summed E-state index contributed by atoms with van der Waals surface area (Å²) < 4.78 is 0. The van der Waals surface area contributed by atoms with Gasteiger partial charge < -0.3 is 5.73 Å². The average molecular weight is 289 g/mol. The molecular formula is C18H31N3. The van der Waals surface area contributed by atoms with Crippen molar-refractivity contribution in [3.8, 4) is 0 Å². The van der Waals surface area contributed by atoms with E-state index in [9.17, 15) is 0 Å². The van der Waals surface area contributed by atoms with Gasteiger partial charge in [-0.05, 0) is 43.9 Å². The molecule has 0 aliphatic heterocycles. The fourth-order valence-electron chi connectivity index (χ4n) is 3.89. The van der Waals surface area contributed by atoms with Gasteiger partial charge >= 0.3 is 0 Å². The molecule has 1 aromatic rings. The van der Waals surface area contributed by atoms with E-state index in [-0.39, 0.29) is 5.54 Å². The van der Waals surface area contributed by atoms with Crippen molar-refractivity contribution in [1.29, 1.82) is 0 Å². The second-order valence-electron chi connectivity index (χ2n) is 6.69. The highest BCUT2D eigenvalue weighted by Crippen LogP contribution is 2.36. The number of hydrogen-bond donors (Lipinski definition) is 1. The van der Waals surface area contributed by atoms with E-state index in [1.165, 1.54) is 37.8 Å². The van der Waals surface area contributed by atoms with Crippen LogP contribution in [0.15, 0.2) is 24.4 Å². The second-order valence-corrected chi connectivity index (χ2v) is 6.69. The van der Waals surface area contributed by atoms with Crippen LogP contribution < -0.4 is 5.73 Å². The highest BCUT2D eigenvalue weighted by Gasteiger charge is 2.38. The standard InChI is InChI=1S/C18H31N3/c1-3-12-21(13-9-17-8-4-5-11-20-17)18(15-19)10-6-7-16(2)14-18/h4-5,8,11,16H,3,6-7,9-10,12-15,19H2,1-2H3. The summed E-state index contributed by atoms with van der Waals surface area (Å²) in [7, 11) is 0. The molecule has 3 heteroatoms. The molecule has 2 rings (SSSR count). The van der Waals surface area contributed by atoms with Gasteiger partial charge in [0, 0.05) is 36.9 Å². The Hall–Kier alpha value is -0.930. The summed E-state index contributed by atoms with van der Waals surface area (Å²) in [5.41, 5.74) is 7.66. The van der Waals surface area contributed by atoms with Crippen LogP contribution in [0.1, 0.15) is 51.6 Å². The molecule has 3 nitrogen and oxygen atoms in total. The Balaban J connectivity index is 2.05. The van der Waals surface area contributed by atoms with Crippen molar-refractivity contribution in [2.75, 3.05) is 19.6 Å². The molecule has 0 radical (unpaired) electrons. The predicted octanol–water partition coefficient (Wildman–Crippen LogP) is 3.24. The molecule has 0 aromatic carbocycles. The summed E-state index contributed by atoms with van der Waals surface area (Å²) in [6.45, 7) is 7.67. The van der Waals surface area contributed by atoms with Crippen LogP contribution in [0.4, 0.5) is 0 Å². The predicted molar refractivity (Wildman–Crippen MR) is 89.2 cm³/mol. The molecule has 1 saturated carbocycles. The topological polar surface area (TPSA) is 42.2 Å². The van der Waals surface area contributed by atoms with Gasteiger partial charge in [0.05, 0.1) is 0 Å². The third-order valence-corrected chi connectivity index (χ3v) is 4.98. The average Bonchev–Trinajstić information content (AvgIpc) is 2.52. The first-order valence-corrected chi connectivity index (χ1v) is 8.55. The molecule has 1 aromatic heterocycles. The Bertz CT molecular complexity index is 406. The minimum absolute atomic E-state index is 0.225. The van der Waals surface area contributed by atoms with Crippen LogP contribution in [0, 0.1) is 5.92 Å². The lowest BCUT2D eigenvalue weighted by atomic mass is 9.75. The lowest BCUT2D eigenvalue weighted by molar-refractivity contribution is 0.0395. The minimum Gasteiger partial charge on any atom is -0.329 e. The summed E-state index contributed by atoms with van der Waals surface area (Å²) >= 11 is 0. The maximum Gasteiger partial charge on any atom is 0.0416 e. The Kier molecular flexibility index (Phi) is 6.19. The van der Waals surface area contributed by atoms with Crippen LogP contribution >= 0.6 is 0 Å². The highest BCUT2D eigenvalue weighted by atomic mass is 15.2. The van der Waals surface area contributed by atoms with Crippen molar-refractivity contribution in [1.82, 2.24) is 9.88 Å². The molecule has 1 aliphatic carbocycles. The SMILES string of the molecule is CCCN(CCc1ccccn1)C1(CN)CCCC(C)C1. The van der Waals surface area contributed by atoms with Crippen LogP contribution in [-0.2, 0) is 6.42 Å². The van der Waals surface area contributed by atoms with E-state index in [4.69, 9.17) is 5.73 Å². The van der Waals surface area contributed by atoms with Gasteiger partial charge in [0.25, 0.3) is 0 Å². The van der Waals surface area contributed by atoms with Crippen molar-refractivity contribution in [2.24, 2.45) is 11.7 Å². The molecule has 2 atom stereocenters. The highest BCUT2D eigenvalue weighted by molar-refractivity contribution is 5.05. The molecule has 2 unspecified atom stereocenters. The van der Waals surface area contributed by atoms with Crippen LogP contribution in [0.2, 0.25) is 0 Å². The zero-order valence-electron chi connectivity index (χ0n) is 13.7. The first-order valence-electron chi connectivity index (χ1n) is 8.55. The zero-order valence-corrected chi connectivity index (χ0v) is 13.7. The first kappa shape index (κ1) is 16.4. The molecule has 0 saturated heterocycles. The van der Waals surface area contributed by atoms with E-state index in [0.717, 1.165) is 32.0 Å². The number of nitrogens with two attached hydrogens (primary N) is 1. The second kappa shape index (κ2) is 7.90. The van der Waals surface area contributed by atoms with E-state index in [0.29, 0.717) is 0 Å². The van der Waals surface area contributed by atoms with Crippen molar-refractivity contribution in [3.05, 3.63) is 30.1 Å². The van der Waals surface area contributed by atoms with E-state index in [1.54, 1.807) is 0 Å². The first-order chi connectivity index (χ1) is 10.2. The van der Waals surface area contributed by atoms with Gasteiger partial charge in [0.1, 0.15) is 0 Å². The largest absolute Gasteiger partial charge is 0.329 e. The molecule has 1 aliphatic rings. The fourth-order valence-corrected chi connectivity index (χ4v) is 3.89. The van der Waals surface area contributed by atoms with Crippen molar-refractivity contribution in [2.45, 2.75) is 57.9 Å². The lowest BCUT2D eigenvalue weighted by Crippen LogP contribution is -2.57. The Labute approximate surface area is 129 Å². The Morgan fingerprint density at radius 2 is 2.24 bits per heavy atom. The third-order valence-electron chi connectivity index (χ3n) is 4.98. The van der Waals surface area contributed by atoms with Crippen molar-refractivity contribution in [3.63, 3.8) is 0 Å². The molecule has 21 heavy (non-hydrogen) atoms. The monoisotopic (exact) mass is 289 g/mol. The van der Waals surface area contributed by atoms with E-state index in [2.05, 4.69) is 35.9 Å². The lowest BCUT2D eigenvalue weighted by Gasteiger charge is -2.48. The molecule has 118 valence electrons. The smallest absolute Gasteiger partial charge is 0.0416 e. The summed E-state index contributed by atoms with van der Waals surface area (Å²) in [5, 5.41) is 0. The van der Waals surface area contributed by atoms with Gasteiger partial charge in [-0.3, -0.25) is 9.88 Å². The summed E-state index contributed by atoms with van der Waals surface area (Å²) in [4.78, 5) is 7.13. The molecule has 2 N–H and O–H groups in total. The number of nitrogens with zero attached hydrogens (tertiary/aromatic N) is 2. The molecule has 1 fully saturated rings. The van der Waals surface area contributed by atoms with Crippen LogP contribution in [0.25, 0.3) is 0 Å². The van der Waals surface area contributed by atoms with Gasteiger partial charge in [-0.1, -0.05) is 32.8 Å². The maximum absolute atomic E-state index is 6.24. The Morgan fingerprint density at radius 1 is 1.38 bits per heavy atom. The number of aromatic nitrogens is 1. The summed E-state index contributed by atoms with van der Waals surface area (Å²) in [6.07, 6.45) is 9.31. The molecule has 0 amide bonds. The van der Waals surface area contributed by atoms with E-state index < -0.39 is 0 Å². The molecule has 0 spiro atoms. The van der Waals surface area contributed by atoms with Crippen molar-refractivity contribution >= 4 is 0 Å². The number of rotatable bonds is 7. The van der Waals surface area contributed by atoms with Crippen LogP contribution in [-0.4, -0.2) is 35.1 Å². The number of pyridine rings is 1. The molecular weight excluding hydrogens is 258 g/mol. The van der Waals surface area contributed by atoms with Gasteiger partial charge in [-0.2, -0.15) is 0 Å². The van der Waals surface area contributed by atoms with E-state index in [1.807, 2.05) is 12.3 Å². The van der Waals surface area contributed by atoms with Crippen molar-refractivity contribution < 1.29 is 0 Å². The summed E-state index contributed by atoms with van der Waals surface area (Å²) in [6, 6.07) is 6.19. The van der Waals surface area contributed by atoms with Gasteiger partial charge in [0.15, 0.2) is 0 Å². The minimum atomic E-state index is 0.225. The third kappa shape index (κ3) is 4.27. The van der Waals surface area contributed by atoms with Gasteiger partial charge in [-0.25, -0.2) is 0 Å². The Morgan fingerprint density at radius 3 is 2.86 bits per heavy atom. The van der Waals surface area contributed by atoms with Crippen LogP contribution in [0.3, 0.4) is 0 Å².